The molecule has 1 N–H and O–H groups in total. The molecule has 2 fully saturated rings. The van der Waals surface area contributed by atoms with E-state index in [1.54, 1.807) is 18.2 Å². The van der Waals surface area contributed by atoms with Gasteiger partial charge in [0, 0.05) is 38.9 Å². The number of hydrogen-bond donors (Lipinski definition) is 1. The number of rotatable bonds is 9. The van der Waals surface area contributed by atoms with E-state index >= 15 is 0 Å². The fraction of sp³-hybridized carbons (Fsp3) is 0.303. The molecule has 0 spiro atoms. The van der Waals surface area contributed by atoms with E-state index in [2.05, 4.69) is 50.8 Å². The fourth-order valence-electron chi connectivity index (χ4n) is 5.74. The topological polar surface area (TPSA) is 93.0 Å². The molecule has 9 heteroatoms. The average molecular weight is 564 g/mol. The van der Waals surface area contributed by atoms with Gasteiger partial charge in [-0.25, -0.2) is 9.78 Å². The summed E-state index contributed by atoms with van der Waals surface area (Å²) in [7, 11) is 0. The quantitative estimate of drug-likeness (QED) is 0.269. The van der Waals surface area contributed by atoms with E-state index in [-0.39, 0.29) is 11.7 Å². The summed E-state index contributed by atoms with van der Waals surface area (Å²) < 4.78 is 13.9. The first-order chi connectivity index (χ1) is 20.6. The van der Waals surface area contributed by atoms with Gasteiger partial charge in [0.05, 0.1) is 35.8 Å². The number of hydrogen-bond acceptors (Lipinski definition) is 7. The summed E-state index contributed by atoms with van der Waals surface area (Å²) in [5.74, 6) is 1.55. The zero-order valence-electron chi connectivity index (χ0n) is 23.4. The van der Waals surface area contributed by atoms with Crippen LogP contribution in [0.4, 0.5) is 5.82 Å². The minimum atomic E-state index is -0.931. The second kappa shape index (κ2) is 11.4. The maximum atomic E-state index is 11.6. The van der Waals surface area contributed by atoms with Gasteiger partial charge >= 0.3 is 5.97 Å². The van der Waals surface area contributed by atoms with E-state index in [1.165, 1.54) is 10.8 Å². The number of carboxylic acids is 1. The van der Waals surface area contributed by atoms with Gasteiger partial charge in [-0.15, -0.1) is 0 Å². The van der Waals surface area contributed by atoms with Crippen molar-refractivity contribution in [2.24, 2.45) is 0 Å². The van der Waals surface area contributed by atoms with Crippen molar-refractivity contribution in [2.45, 2.75) is 32.2 Å². The highest BCUT2D eigenvalue weighted by atomic mass is 16.5. The maximum absolute atomic E-state index is 11.6. The molecule has 9 nitrogen and oxygen atoms in total. The normalized spacial score (nSPS) is 17.4. The molecule has 0 radical (unpaired) electrons. The van der Waals surface area contributed by atoms with Gasteiger partial charge in [0.1, 0.15) is 18.2 Å². The van der Waals surface area contributed by atoms with Gasteiger partial charge < -0.3 is 24.0 Å². The summed E-state index contributed by atoms with van der Waals surface area (Å²) in [5, 5.41) is 11.9. The lowest BCUT2D eigenvalue weighted by Crippen LogP contribution is -2.46. The van der Waals surface area contributed by atoms with Crippen molar-refractivity contribution >= 4 is 33.6 Å². The highest BCUT2D eigenvalue weighted by molar-refractivity contribution is 5.92. The fourth-order valence-corrected chi connectivity index (χ4v) is 5.74. The van der Waals surface area contributed by atoms with Crippen molar-refractivity contribution in [1.29, 1.82) is 0 Å². The van der Waals surface area contributed by atoms with Gasteiger partial charge in [0.15, 0.2) is 0 Å². The van der Waals surface area contributed by atoms with Gasteiger partial charge in [-0.1, -0.05) is 42.5 Å². The second-order valence-corrected chi connectivity index (χ2v) is 11.0. The summed E-state index contributed by atoms with van der Waals surface area (Å²) >= 11 is 0. The monoisotopic (exact) mass is 563 g/mol. The predicted molar refractivity (Wildman–Crippen MR) is 161 cm³/mol. The smallest absolute Gasteiger partial charge is 0.335 e. The number of aromatic nitrogens is 3. The molecule has 0 unspecified atom stereocenters. The van der Waals surface area contributed by atoms with Crippen LogP contribution in [-0.2, 0) is 24.4 Å². The lowest BCUT2D eigenvalue weighted by Gasteiger charge is -2.35. The van der Waals surface area contributed by atoms with Crippen molar-refractivity contribution in [3.63, 3.8) is 0 Å². The summed E-state index contributed by atoms with van der Waals surface area (Å²) in [6, 6.07) is 25.8. The van der Waals surface area contributed by atoms with Gasteiger partial charge in [0.25, 0.3) is 0 Å². The summed E-state index contributed by atoms with van der Waals surface area (Å²) in [6.45, 7) is 6.05. The number of anilines is 1. The predicted octanol–water partition coefficient (Wildman–Crippen LogP) is 4.97. The van der Waals surface area contributed by atoms with E-state index in [0.717, 1.165) is 67.4 Å². The molecule has 0 saturated carbocycles. The van der Waals surface area contributed by atoms with Crippen LogP contribution in [0.1, 0.15) is 28.2 Å². The lowest BCUT2D eigenvalue weighted by molar-refractivity contribution is -0.0592. The number of aromatic carboxylic acids is 1. The Morgan fingerprint density at radius 2 is 1.76 bits per heavy atom. The number of benzene rings is 3. The molecule has 0 aliphatic carbocycles. The molecule has 7 rings (SSSR count). The van der Waals surface area contributed by atoms with Crippen LogP contribution in [0, 0.1) is 0 Å². The molecule has 2 aromatic heterocycles. The highest BCUT2D eigenvalue weighted by Gasteiger charge is 2.25. The number of pyridine rings is 1. The summed E-state index contributed by atoms with van der Waals surface area (Å²) in [5.41, 5.74) is 3.05. The minimum absolute atomic E-state index is 0.147. The molecule has 2 aliphatic heterocycles. The van der Waals surface area contributed by atoms with E-state index in [1.807, 2.05) is 24.3 Å². The number of nitrogens with zero attached hydrogens (tertiary/aromatic N) is 5. The van der Waals surface area contributed by atoms with Gasteiger partial charge in [-0.3, -0.25) is 4.90 Å². The van der Waals surface area contributed by atoms with Crippen molar-refractivity contribution in [3.05, 3.63) is 95.8 Å². The van der Waals surface area contributed by atoms with Crippen molar-refractivity contribution < 1.29 is 19.4 Å². The highest BCUT2D eigenvalue weighted by Crippen LogP contribution is 2.25. The number of carbonyl (C=O) groups is 1. The zero-order chi connectivity index (χ0) is 28.5. The first-order valence-electron chi connectivity index (χ1n) is 14.5. The Bertz CT molecular complexity index is 1740. The minimum Gasteiger partial charge on any atom is -0.478 e. The lowest BCUT2D eigenvalue weighted by atomic mass is 10.1. The molecule has 1 atom stereocenters. The third-order valence-electron chi connectivity index (χ3n) is 8.22. The summed E-state index contributed by atoms with van der Waals surface area (Å²) in [4.78, 5) is 26.0. The molecule has 5 aromatic rings. The van der Waals surface area contributed by atoms with Crippen molar-refractivity contribution in [1.82, 2.24) is 19.4 Å². The SMILES string of the molecule is O=C(O)c1ccc2nc(CN3CCN(c4cccc(OCc5ccc6ccccc6c5)n4)CC3)n(C[C@@H]3CCO3)c2c1. The number of piperazine rings is 1. The van der Waals surface area contributed by atoms with Crippen LogP contribution in [0.25, 0.3) is 21.8 Å². The average Bonchev–Trinajstić information content (AvgIpc) is 3.34. The standard InChI is InChI=1S/C33H33N5O4/c39-33(40)26-10-11-28-29(19-26)38(20-27-12-17-41-27)31(34-28)21-36-13-15-37(16-14-36)30-6-3-7-32(35-30)42-22-23-8-9-24-4-1-2-5-25(24)18-23/h1-11,18-19,27H,12-17,20-22H2,(H,39,40)/t27-/m0/s1. The molecule has 3 aromatic carbocycles. The Hall–Kier alpha value is -4.47. The van der Waals surface area contributed by atoms with Gasteiger partial charge in [-0.2, -0.15) is 4.98 Å². The maximum Gasteiger partial charge on any atom is 0.335 e. The molecule has 0 amide bonds. The number of carboxylic acid groups (broad SMARTS) is 1. The first-order valence-corrected chi connectivity index (χ1v) is 14.5. The molecule has 4 heterocycles. The Balaban J connectivity index is 1.000. The molecular weight excluding hydrogens is 530 g/mol. The van der Waals surface area contributed by atoms with Crippen LogP contribution in [-0.4, -0.2) is 69.4 Å². The van der Waals surface area contributed by atoms with Gasteiger partial charge in [-0.05, 0) is 53.1 Å². The third kappa shape index (κ3) is 5.53. The second-order valence-electron chi connectivity index (χ2n) is 11.0. The number of imidazole rings is 1. The van der Waals surface area contributed by atoms with Crippen LogP contribution in [0.5, 0.6) is 5.88 Å². The largest absolute Gasteiger partial charge is 0.478 e. The van der Waals surface area contributed by atoms with Crippen molar-refractivity contribution in [2.75, 3.05) is 37.7 Å². The van der Waals surface area contributed by atoms with E-state index < -0.39 is 5.97 Å². The molecule has 0 bridgehead atoms. The first kappa shape index (κ1) is 26.4. The van der Waals surface area contributed by atoms with Crippen LogP contribution in [0.3, 0.4) is 0 Å². The molecule has 2 aliphatic rings. The van der Waals surface area contributed by atoms with E-state index in [9.17, 15) is 9.90 Å². The van der Waals surface area contributed by atoms with Crippen molar-refractivity contribution in [3.8, 4) is 5.88 Å². The van der Waals surface area contributed by atoms with E-state index in [4.69, 9.17) is 19.4 Å². The Labute approximate surface area is 243 Å². The summed E-state index contributed by atoms with van der Waals surface area (Å²) in [6.07, 6.45) is 1.15. The molecule has 2 saturated heterocycles. The van der Waals surface area contributed by atoms with Gasteiger partial charge in [0.2, 0.25) is 5.88 Å². The Morgan fingerprint density at radius 1 is 0.929 bits per heavy atom. The molecule has 214 valence electrons. The van der Waals surface area contributed by atoms with Crippen LogP contribution < -0.4 is 9.64 Å². The number of ether oxygens (including phenoxy) is 2. The van der Waals surface area contributed by atoms with Crippen LogP contribution >= 0.6 is 0 Å². The third-order valence-corrected chi connectivity index (χ3v) is 8.22. The number of fused-ring (bicyclic) bond motifs is 2. The molecular formula is C33H33N5O4. The van der Waals surface area contributed by atoms with E-state index in [0.29, 0.717) is 25.6 Å². The Kier molecular flexibility index (Phi) is 7.19. The van der Waals surface area contributed by atoms with Crippen LogP contribution in [0.2, 0.25) is 0 Å². The van der Waals surface area contributed by atoms with Crippen LogP contribution in [0.15, 0.2) is 78.9 Å². The Morgan fingerprint density at radius 3 is 2.55 bits per heavy atom. The zero-order valence-corrected chi connectivity index (χ0v) is 23.4. The molecule has 42 heavy (non-hydrogen) atoms.